The van der Waals surface area contributed by atoms with Crippen molar-refractivity contribution in [3.63, 3.8) is 0 Å². The lowest BCUT2D eigenvalue weighted by atomic mass is 10.1. The van der Waals surface area contributed by atoms with Gasteiger partial charge in [-0.15, -0.1) is 5.10 Å². The van der Waals surface area contributed by atoms with Crippen LogP contribution in [0.3, 0.4) is 0 Å². The number of carbonyl (C=O) groups excluding carboxylic acids is 1. The maximum absolute atomic E-state index is 12.3. The zero-order valence-electron chi connectivity index (χ0n) is 12.7. The van der Waals surface area contributed by atoms with Crippen molar-refractivity contribution < 1.29 is 4.79 Å². The first kappa shape index (κ1) is 14.2. The van der Waals surface area contributed by atoms with Crippen LogP contribution in [0.5, 0.6) is 0 Å². The molecule has 6 nitrogen and oxygen atoms in total. The largest absolute Gasteiger partial charge is 0.343 e. The molecular weight excluding hydrogens is 278 g/mol. The van der Waals surface area contributed by atoms with E-state index in [0.717, 1.165) is 17.0 Å². The zero-order valence-corrected chi connectivity index (χ0v) is 12.7. The van der Waals surface area contributed by atoms with E-state index in [4.69, 9.17) is 0 Å². The van der Waals surface area contributed by atoms with Gasteiger partial charge in [-0.2, -0.15) is 4.98 Å². The molecule has 0 bridgehead atoms. The first-order valence-electron chi connectivity index (χ1n) is 7.11. The van der Waals surface area contributed by atoms with Crippen LogP contribution in [0.25, 0.3) is 5.78 Å². The average molecular weight is 295 g/mol. The molecule has 2 aromatic heterocycles. The molecule has 3 aromatic rings. The third-order valence-corrected chi connectivity index (χ3v) is 3.47. The van der Waals surface area contributed by atoms with Crippen LogP contribution in [0.1, 0.15) is 40.5 Å². The maximum atomic E-state index is 12.3. The van der Waals surface area contributed by atoms with Gasteiger partial charge in [0, 0.05) is 11.4 Å². The van der Waals surface area contributed by atoms with E-state index in [1.54, 1.807) is 4.52 Å². The van der Waals surface area contributed by atoms with Gasteiger partial charge in [0.25, 0.3) is 11.7 Å². The minimum absolute atomic E-state index is 0.115. The van der Waals surface area contributed by atoms with Crippen LogP contribution in [0.15, 0.2) is 36.4 Å². The van der Waals surface area contributed by atoms with Crippen LogP contribution in [0.2, 0.25) is 0 Å². The van der Waals surface area contributed by atoms with Gasteiger partial charge in [0.2, 0.25) is 5.82 Å². The predicted octanol–water partition coefficient (Wildman–Crippen LogP) is 2.23. The highest BCUT2D eigenvalue weighted by molar-refractivity contribution is 5.91. The van der Waals surface area contributed by atoms with Crippen LogP contribution in [-0.4, -0.2) is 25.5 Å². The molecule has 0 radical (unpaired) electrons. The molecule has 1 amide bonds. The number of nitrogens with zero attached hydrogens (tertiary/aromatic N) is 4. The summed E-state index contributed by atoms with van der Waals surface area (Å²) in [7, 11) is 0. The van der Waals surface area contributed by atoms with Gasteiger partial charge >= 0.3 is 0 Å². The molecule has 0 saturated carbocycles. The quantitative estimate of drug-likeness (QED) is 0.804. The standard InChI is InChI=1S/C16H17N5O/c1-10-9-11(2)21-16(17-10)19-14(20-21)15(22)18-12(3)13-7-5-4-6-8-13/h4-9,12H,1-3H3,(H,18,22). The minimum Gasteiger partial charge on any atom is -0.343 e. The van der Waals surface area contributed by atoms with Crippen LogP contribution >= 0.6 is 0 Å². The van der Waals surface area contributed by atoms with Crippen molar-refractivity contribution in [1.29, 1.82) is 0 Å². The minimum atomic E-state index is -0.307. The van der Waals surface area contributed by atoms with Gasteiger partial charge in [-0.25, -0.2) is 9.50 Å². The highest BCUT2D eigenvalue weighted by atomic mass is 16.2. The first-order valence-corrected chi connectivity index (χ1v) is 7.11. The molecular formula is C16H17N5O. The number of amides is 1. The van der Waals surface area contributed by atoms with E-state index in [2.05, 4.69) is 20.4 Å². The summed E-state index contributed by atoms with van der Waals surface area (Å²) in [6.07, 6.45) is 0. The Bertz CT molecular complexity index is 825. The number of rotatable bonds is 3. The van der Waals surface area contributed by atoms with Gasteiger partial charge in [-0.3, -0.25) is 4.79 Å². The Morgan fingerprint density at radius 2 is 1.91 bits per heavy atom. The summed E-state index contributed by atoms with van der Waals surface area (Å²) in [5.41, 5.74) is 2.77. The lowest BCUT2D eigenvalue weighted by molar-refractivity contribution is 0.0929. The molecule has 1 unspecified atom stereocenters. The molecule has 1 atom stereocenters. The molecule has 1 N–H and O–H groups in total. The second-order valence-electron chi connectivity index (χ2n) is 5.29. The molecule has 6 heteroatoms. The molecule has 0 fully saturated rings. The Morgan fingerprint density at radius 1 is 1.18 bits per heavy atom. The van der Waals surface area contributed by atoms with E-state index in [-0.39, 0.29) is 17.8 Å². The normalized spacial score (nSPS) is 12.3. The molecule has 0 saturated heterocycles. The number of hydrogen-bond acceptors (Lipinski definition) is 4. The smallest absolute Gasteiger partial charge is 0.291 e. The van der Waals surface area contributed by atoms with Crippen molar-refractivity contribution in [2.45, 2.75) is 26.8 Å². The Labute approximate surface area is 128 Å². The van der Waals surface area contributed by atoms with E-state index in [1.165, 1.54) is 0 Å². The average Bonchev–Trinajstić information content (AvgIpc) is 2.92. The number of hydrogen-bond donors (Lipinski definition) is 1. The molecule has 0 aliphatic carbocycles. The molecule has 0 aliphatic heterocycles. The van der Waals surface area contributed by atoms with Gasteiger partial charge in [0.15, 0.2) is 0 Å². The third kappa shape index (κ3) is 2.67. The molecule has 3 rings (SSSR count). The Morgan fingerprint density at radius 3 is 2.64 bits per heavy atom. The van der Waals surface area contributed by atoms with Crippen LogP contribution < -0.4 is 5.32 Å². The van der Waals surface area contributed by atoms with Gasteiger partial charge in [-0.1, -0.05) is 30.3 Å². The number of fused-ring (bicyclic) bond motifs is 1. The summed E-state index contributed by atoms with van der Waals surface area (Å²) in [5.74, 6) is 0.262. The first-order chi connectivity index (χ1) is 10.5. The number of nitrogens with one attached hydrogen (secondary N) is 1. The van der Waals surface area contributed by atoms with E-state index in [0.29, 0.717) is 5.78 Å². The van der Waals surface area contributed by atoms with Gasteiger partial charge in [-0.05, 0) is 32.4 Å². The SMILES string of the molecule is Cc1cc(C)n2nc(C(=O)NC(C)c3ccccc3)nc2n1. The van der Waals surface area contributed by atoms with E-state index >= 15 is 0 Å². The van der Waals surface area contributed by atoms with Crippen molar-refractivity contribution in [1.82, 2.24) is 24.9 Å². The highest BCUT2D eigenvalue weighted by Crippen LogP contribution is 2.12. The monoisotopic (exact) mass is 295 g/mol. The number of benzene rings is 1. The van der Waals surface area contributed by atoms with Gasteiger partial charge in [0.1, 0.15) is 0 Å². The molecule has 22 heavy (non-hydrogen) atoms. The number of aryl methyl sites for hydroxylation is 2. The zero-order chi connectivity index (χ0) is 15.7. The van der Waals surface area contributed by atoms with E-state index < -0.39 is 0 Å². The van der Waals surface area contributed by atoms with Crippen molar-refractivity contribution in [2.75, 3.05) is 0 Å². The van der Waals surface area contributed by atoms with Crippen LogP contribution in [0.4, 0.5) is 0 Å². The molecule has 2 heterocycles. The lowest BCUT2D eigenvalue weighted by Gasteiger charge is -2.12. The fourth-order valence-electron chi connectivity index (χ4n) is 2.35. The topological polar surface area (TPSA) is 72.2 Å². The van der Waals surface area contributed by atoms with Crippen molar-refractivity contribution in [2.24, 2.45) is 0 Å². The summed E-state index contributed by atoms with van der Waals surface area (Å²) in [6, 6.07) is 11.5. The van der Waals surface area contributed by atoms with E-state index in [1.807, 2.05) is 57.2 Å². The second kappa shape index (κ2) is 5.55. The van der Waals surface area contributed by atoms with Crippen molar-refractivity contribution in [3.05, 3.63) is 59.2 Å². The number of carbonyl (C=O) groups is 1. The fourth-order valence-corrected chi connectivity index (χ4v) is 2.35. The lowest BCUT2D eigenvalue weighted by Crippen LogP contribution is -2.27. The summed E-state index contributed by atoms with van der Waals surface area (Å²) >= 11 is 0. The molecule has 1 aromatic carbocycles. The van der Waals surface area contributed by atoms with Gasteiger partial charge < -0.3 is 5.32 Å². The van der Waals surface area contributed by atoms with Crippen LogP contribution in [0, 0.1) is 13.8 Å². The fraction of sp³-hybridized carbons (Fsp3) is 0.250. The Balaban J connectivity index is 1.85. The number of aromatic nitrogens is 4. The maximum Gasteiger partial charge on any atom is 0.291 e. The predicted molar refractivity (Wildman–Crippen MR) is 82.6 cm³/mol. The van der Waals surface area contributed by atoms with Crippen molar-refractivity contribution in [3.8, 4) is 0 Å². The third-order valence-electron chi connectivity index (χ3n) is 3.47. The molecule has 0 spiro atoms. The Hall–Kier alpha value is -2.76. The van der Waals surface area contributed by atoms with Crippen molar-refractivity contribution >= 4 is 11.7 Å². The van der Waals surface area contributed by atoms with Gasteiger partial charge in [0.05, 0.1) is 6.04 Å². The highest BCUT2D eigenvalue weighted by Gasteiger charge is 2.17. The summed E-state index contributed by atoms with van der Waals surface area (Å²) < 4.78 is 1.58. The summed E-state index contributed by atoms with van der Waals surface area (Å²) in [5, 5.41) is 7.13. The summed E-state index contributed by atoms with van der Waals surface area (Å²) in [6.45, 7) is 5.72. The summed E-state index contributed by atoms with van der Waals surface area (Å²) in [4.78, 5) is 20.8. The van der Waals surface area contributed by atoms with Crippen LogP contribution in [-0.2, 0) is 0 Å². The molecule has 112 valence electrons. The second-order valence-corrected chi connectivity index (χ2v) is 5.29. The molecule has 0 aliphatic rings. The Kier molecular flexibility index (Phi) is 3.58. The van der Waals surface area contributed by atoms with E-state index in [9.17, 15) is 4.79 Å².